The molecule has 0 saturated carbocycles. The van der Waals surface area contributed by atoms with Crippen LogP contribution in [0.5, 0.6) is 11.5 Å². The fraction of sp³-hybridized carbons (Fsp3) is 0.571. The second kappa shape index (κ2) is 5.38. The van der Waals surface area contributed by atoms with Crippen LogP contribution in [0.15, 0.2) is 12.1 Å². The van der Waals surface area contributed by atoms with E-state index in [0.717, 1.165) is 18.5 Å². The lowest BCUT2D eigenvalue weighted by atomic mass is 9.90. The van der Waals surface area contributed by atoms with E-state index in [1.165, 1.54) is 0 Å². The van der Waals surface area contributed by atoms with E-state index < -0.39 is 0 Å². The van der Waals surface area contributed by atoms with Crippen molar-refractivity contribution in [1.29, 1.82) is 0 Å². The molecule has 0 bridgehead atoms. The lowest BCUT2D eigenvalue weighted by Crippen LogP contribution is -2.47. The van der Waals surface area contributed by atoms with Gasteiger partial charge in [-0.05, 0) is 12.8 Å². The highest BCUT2D eigenvalue weighted by molar-refractivity contribution is 5.73. The van der Waals surface area contributed by atoms with E-state index in [-0.39, 0.29) is 12.1 Å². The minimum Gasteiger partial charge on any atom is -0.486 e. The van der Waals surface area contributed by atoms with Crippen molar-refractivity contribution in [3.05, 3.63) is 12.1 Å². The number of aliphatic hydroxyl groups is 1. The molecule has 110 valence electrons. The van der Waals surface area contributed by atoms with E-state index in [9.17, 15) is 5.11 Å². The zero-order valence-corrected chi connectivity index (χ0v) is 11.4. The number of ether oxygens (including phenoxy) is 3. The van der Waals surface area contributed by atoms with Gasteiger partial charge in [0.15, 0.2) is 11.5 Å². The first kappa shape index (κ1) is 13.3. The maximum Gasteiger partial charge on any atom is 0.163 e. The molecule has 1 aromatic rings. The van der Waals surface area contributed by atoms with Crippen LogP contribution in [-0.4, -0.2) is 43.7 Å². The van der Waals surface area contributed by atoms with Crippen molar-refractivity contribution in [2.45, 2.75) is 18.4 Å². The number of aliphatic hydroxyl groups excluding tert-OH is 1. The fourth-order valence-corrected chi connectivity index (χ4v) is 2.58. The molecule has 0 spiro atoms. The van der Waals surface area contributed by atoms with Crippen molar-refractivity contribution >= 4 is 11.4 Å². The van der Waals surface area contributed by atoms with E-state index in [1.54, 1.807) is 6.07 Å². The average molecular weight is 280 g/mol. The molecule has 2 aliphatic heterocycles. The molecule has 0 atom stereocenters. The molecular formula is C14H20N2O4. The van der Waals surface area contributed by atoms with Crippen molar-refractivity contribution in [2.24, 2.45) is 0 Å². The molecule has 0 aromatic heterocycles. The van der Waals surface area contributed by atoms with Crippen LogP contribution in [0, 0.1) is 0 Å². The molecule has 6 heteroatoms. The molecule has 4 N–H and O–H groups in total. The molecule has 20 heavy (non-hydrogen) atoms. The lowest BCUT2D eigenvalue weighted by Gasteiger charge is -2.37. The SMILES string of the molecule is Nc1cc2c(cc1NC1(CO)CCOCC1)OCCO2. The first-order chi connectivity index (χ1) is 9.72. The standard InChI is InChI=1S/C14H20N2O4/c15-10-7-12-13(20-6-5-19-12)8-11(10)16-14(9-17)1-3-18-4-2-14/h7-8,16-17H,1-6,9,15H2. The number of fused-ring (bicyclic) bond motifs is 1. The first-order valence-corrected chi connectivity index (χ1v) is 6.88. The molecule has 1 aromatic carbocycles. The van der Waals surface area contributed by atoms with Gasteiger partial charge >= 0.3 is 0 Å². The van der Waals surface area contributed by atoms with E-state index in [1.807, 2.05) is 6.07 Å². The Labute approximate surface area is 117 Å². The largest absolute Gasteiger partial charge is 0.486 e. The van der Waals surface area contributed by atoms with Gasteiger partial charge in [-0.1, -0.05) is 0 Å². The monoisotopic (exact) mass is 280 g/mol. The number of hydrogen-bond donors (Lipinski definition) is 3. The quantitative estimate of drug-likeness (QED) is 0.716. The van der Waals surface area contributed by atoms with Crippen LogP contribution in [0.25, 0.3) is 0 Å². The maximum absolute atomic E-state index is 9.72. The number of nitrogens with two attached hydrogens (primary N) is 1. The molecule has 1 fully saturated rings. The van der Waals surface area contributed by atoms with Gasteiger partial charge < -0.3 is 30.4 Å². The minimum atomic E-state index is -0.379. The Hall–Kier alpha value is -1.66. The Morgan fingerprint density at radius 1 is 1.10 bits per heavy atom. The van der Waals surface area contributed by atoms with E-state index in [4.69, 9.17) is 19.9 Å². The summed E-state index contributed by atoms with van der Waals surface area (Å²) in [7, 11) is 0. The van der Waals surface area contributed by atoms with Gasteiger partial charge in [0, 0.05) is 25.3 Å². The highest BCUT2D eigenvalue weighted by atomic mass is 16.6. The van der Waals surface area contributed by atoms with Gasteiger partial charge in [0.1, 0.15) is 13.2 Å². The third-order valence-electron chi connectivity index (χ3n) is 3.87. The number of nitrogen functional groups attached to an aromatic ring is 1. The van der Waals surface area contributed by atoms with Crippen LogP contribution in [-0.2, 0) is 4.74 Å². The topological polar surface area (TPSA) is 86.0 Å². The lowest BCUT2D eigenvalue weighted by molar-refractivity contribution is 0.0380. The van der Waals surface area contributed by atoms with E-state index in [0.29, 0.717) is 43.6 Å². The summed E-state index contributed by atoms with van der Waals surface area (Å²) in [5.41, 5.74) is 7.05. The number of anilines is 2. The molecule has 0 aliphatic carbocycles. The van der Waals surface area contributed by atoms with Crippen LogP contribution in [0.1, 0.15) is 12.8 Å². The van der Waals surface area contributed by atoms with Gasteiger partial charge in [-0.15, -0.1) is 0 Å². The molecule has 2 heterocycles. The van der Waals surface area contributed by atoms with Crippen LogP contribution < -0.4 is 20.5 Å². The maximum atomic E-state index is 9.72. The normalized spacial score (nSPS) is 20.4. The molecular weight excluding hydrogens is 260 g/mol. The zero-order valence-electron chi connectivity index (χ0n) is 11.4. The van der Waals surface area contributed by atoms with Crippen molar-refractivity contribution in [3.8, 4) is 11.5 Å². The van der Waals surface area contributed by atoms with E-state index in [2.05, 4.69) is 5.32 Å². The summed E-state index contributed by atoms with van der Waals surface area (Å²) >= 11 is 0. The highest BCUT2D eigenvalue weighted by Crippen LogP contribution is 2.39. The summed E-state index contributed by atoms with van der Waals surface area (Å²) < 4.78 is 16.4. The first-order valence-electron chi connectivity index (χ1n) is 6.88. The second-order valence-electron chi connectivity index (χ2n) is 5.26. The number of nitrogens with one attached hydrogen (secondary N) is 1. The Balaban J connectivity index is 1.86. The number of hydrogen-bond acceptors (Lipinski definition) is 6. The van der Waals surface area contributed by atoms with Gasteiger partial charge in [0.05, 0.1) is 23.5 Å². The predicted molar refractivity (Wildman–Crippen MR) is 75.3 cm³/mol. The van der Waals surface area contributed by atoms with Gasteiger partial charge in [-0.25, -0.2) is 0 Å². The summed E-state index contributed by atoms with van der Waals surface area (Å²) in [6.45, 7) is 2.40. The smallest absolute Gasteiger partial charge is 0.163 e. The van der Waals surface area contributed by atoms with E-state index >= 15 is 0 Å². The summed E-state index contributed by atoms with van der Waals surface area (Å²) in [5.74, 6) is 1.36. The molecule has 0 amide bonds. The predicted octanol–water partition coefficient (Wildman–Crippen LogP) is 0.993. The van der Waals surface area contributed by atoms with Gasteiger partial charge in [-0.2, -0.15) is 0 Å². The van der Waals surface area contributed by atoms with Gasteiger partial charge in [0.25, 0.3) is 0 Å². The Morgan fingerprint density at radius 3 is 2.40 bits per heavy atom. The summed E-state index contributed by atoms with van der Waals surface area (Å²) in [6.07, 6.45) is 1.49. The number of rotatable bonds is 3. The van der Waals surface area contributed by atoms with Crippen LogP contribution in [0.4, 0.5) is 11.4 Å². The Bertz CT molecular complexity index is 486. The van der Waals surface area contributed by atoms with Crippen molar-refractivity contribution in [2.75, 3.05) is 44.1 Å². The zero-order chi connectivity index (χ0) is 14.0. The second-order valence-corrected chi connectivity index (χ2v) is 5.26. The van der Waals surface area contributed by atoms with Crippen LogP contribution in [0.2, 0.25) is 0 Å². The average Bonchev–Trinajstić information content (AvgIpc) is 2.49. The highest BCUT2D eigenvalue weighted by Gasteiger charge is 2.32. The molecule has 0 radical (unpaired) electrons. The van der Waals surface area contributed by atoms with Crippen molar-refractivity contribution in [1.82, 2.24) is 0 Å². The third-order valence-corrected chi connectivity index (χ3v) is 3.87. The molecule has 0 unspecified atom stereocenters. The van der Waals surface area contributed by atoms with Gasteiger partial charge in [0.2, 0.25) is 0 Å². The molecule has 1 saturated heterocycles. The fourth-order valence-electron chi connectivity index (χ4n) is 2.58. The molecule has 3 rings (SSSR count). The number of benzene rings is 1. The summed E-state index contributed by atoms with van der Waals surface area (Å²) in [5, 5.41) is 13.1. The Morgan fingerprint density at radius 2 is 1.75 bits per heavy atom. The van der Waals surface area contributed by atoms with Crippen molar-refractivity contribution < 1.29 is 19.3 Å². The van der Waals surface area contributed by atoms with Gasteiger partial charge in [-0.3, -0.25) is 0 Å². The Kier molecular flexibility index (Phi) is 3.58. The van der Waals surface area contributed by atoms with Crippen molar-refractivity contribution in [3.63, 3.8) is 0 Å². The summed E-state index contributed by atoms with van der Waals surface area (Å²) in [4.78, 5) is 0. The third kappa shape index (κ3) is 2.48. The molecule has 2 aliphatic rings. The van der Waals surface area contributed by atoms with Crippen LogP contribution in [0.3, 0.4) is 0 Å². The minimum absolute atomic E-state index is 0.0459. The summed E-state index contributed by atoms with van der Waals surface area (Å²) in [6, 6.07) is 3.61. The van der Waals surface area contributed by atoms with Crippen LogP contribution >= 0.6 is 0 Å². The molecule has 6 nitrogen and oxygen atoms in total.